The summed E-state index contributed by atoms with van der Waals surface area (Å²) in [6.45, 7) is 4.50. The lowest BCUT2D eigenvalue weighted by Crippen LogP contribution is -2.32. The predicted octanol–water partition coefficient (Wildman–Crippen LogP) is 2.08. The van der Waals surface area contributed by atoms with Crippen LogP contribution in [0.4, 0.5) is 10.1 Å². The molecule has 0 saturated heterocycles. The van der Waals surface area contributed by atoms with Gasteiger partial charge in [0.05, 0.1) is 12.1 Å². The van der Waals surface area contributed by atoms with Gasteiger partial charge in [0.15, 0.2) is 0 Å². The normalized spacial score (nSPS) is 15.3. The summed E-state index contributed by atoms with van der Waals surface area (Å²) in [7, 11) is 0. The Morgan fingerprint density at radius 2 is 2.39 bits per heavy atom. The molecule has 0 saturated carbocycles. The molecule has 0 aromatic heterocycles. The van der Waals surface area contributed by atoms with Crippen molar-refractivity contribution in [1.82, 2.24) is 5.32 Å². The number of hydrogen-bond acceptors (Lipinski definition) is 3. The lowest BCUT2D eigenvalue weighted by molar-refractivity contribution is 0.577. The Morgan fingerprint density at radius 3 is 3.11 bits per heavy atom. The fourth-order valence-electron chi connectivity index (χ4n) is 2.39. The summed E-state index contributed by atoms with van der Waals surface area (Å²) in [4.78, 5) is 2.17. The van der Waals surface area contributed by atoms with Crippen LogP contribution in [0, 0.1) is 17.1 Å². The van der Waals surface area contributed by atoms with E-state index in [-0.39, 0.29) is 11.9 Å². The highest BCUT2D eigenvalue weighted by Gasteiger charge is 2.20. The second-order valence-electron chi connectivity index (χ2n) is 4.54. The van der Waals surface area contributed by atoms with Gasteiger partial charge in [-0.15, -0.1) is 0 Å². The van der Waals surface area contributed by atoms with E-state index in [0.717, 1.165) is 38.2 Å². The van der Waals surface area contributed by atoms with Crippen molar-refractivity contribution < 1.29 is 4.39 Å². The average molecular weight is 247 g/mol. The SMILES string of the molecule is CCNC(C#N)CCN1CCc2ccc(F)cc21. The van der Waals surface area contributed by atoms with Gasteiger partial charge in [-0.3, -0.25) is 0 Å². The summed E-state index contributed by atoms with van der Waals surface area (Å²) in [5.74, 6) is -0.191. The second kappa shape index (κ2) is 5.83. The van der Waals surface area contributed by atoms with E-state index >= 15 is 0 Å². The summed E-state index contributed by atoms with van der Waals surface area (Å²) < 4.78 is 13.2. The highest BCUT2D eigenvalue weighted by molar-refractivity contribution is 5.58. The Balaban J connectivity index is 1.97. The van der Waals surface area contributed by atoms with Crippen LogP contribution in [0.1, 0.15) is 18.9 Å². The molecule has 96 valence electrons. The van der Waals surface area contributed by atoms with Crippen LogP contribution in [0.5, 0.6) is 0 Å². The molecule has 1 heterocycles. The Kier molecular flexibility index (Phi) is 4.16. The van der Waals surface area contributed by atoms with Gasteiger partial charge in [-0.25, -0.2) is 4.39 Å². The summed E-state index contributed by atoms with van der Waals surface area (Å²) >= 11 is 0. The molecule has 1 aliphatic heterocycles. The zero-order valence-electron chi connectivity index (χ0n) is 10.6. The van der Waals surface area contributed by atoms with Gasteiger partial charge in [0.25, 0.3) is 0 Å². The van der Waals surface area contributed by atoms with Crippen molar-refractivity contribution in [2.24, 2.45) is 0 Å². The molecular weight excluding hydrogens is 229 g/mol. The van der Waals surface area contributed by atoms with E-state index in [1.807, 2.05) is 13.0 Å². The van der Waals surface area contributed by atoms with Gasteiger partial charge in [0.1, 0.15) is 5.82 Å². The number of halogens is 1. The molecule has 0 bridgehead atoms. The number of nitrogens with zero attached hydrogens (tertiary/aromatic N) is 2. The van der Waals surface area contributed by atoms with Crippen molar-refractivity contribution in [3.05, 3.63) is 29.6 Å². The van der Waals surface area contributed by atoms with Gasteiger partial charge in [0.2, 0.25) is 0 Å². The first kappa shape index (κ1) is 12.8. The molecular formula is C14H18FN3. The first-order valence-electron chi connectivity index (χ1n) is 6.41. The molecule has 4 heteroatoms. The Hall–Kier alpha value is -1.60. The minimum absolute atomic E-state index is 0.118. The highest BCUT2D eigenvalue weighted by atomic mass is 19.1. The van der Waals surface area contributed by atoms with Crippen molar-refractivity contribution in [1.29, 1.82) is 5.26 Å². The Labute approximate surface area is 107 Å². The van der Waals surface area contributed by atoms with Crippen molar-refractivity contribution in [2.75, 3.05) is 24.5 Å². The van der Waals surface area contributed by atoms with Crippen LogP contribution < -0.4 is 10.2 Å². The zero-order valence-corrected chi connectivity index (χ0v) is 10.6. The van der Waals surface area contributed by atoms with Gasteiger partial charge in [-0.05, 0) is 37.1 Å². The lowest BCUT2D eigenvalue weighted by atomic mass is 10.1. The van der Waals surface area contributed by atoms with E-state index in [2.05, 4.69) is 16.3 Å². The maximum absolute atomic E-state index is 13.2. The lowest BCUT2D eigenvalue weighted by Gasteiger charge is -2.21. The van der Waals surface area contributed by atoms with Crippen molar-refractivity contribution in [3.63, 3.8) is 0 Å². The third-order valence-electron chi connectivity index (χ3n) is 3.33. The van der Waals surface area contributed by atoms with E-state index in [4.69, 9.17) is 5.26 Å². The zero-order chi connectivity index (χ0) is 13.0. The molecule has 1 aliphatic rings. The molecule has 0 radical (unpaired) electrons. The first-order valence-corrected chi connectivity index (χ1v) is 6.41. The van der Waals surface area contributed by atoms with Crippen LogP contribution in [-0.4, -0.2) is 25.7 Å². The molecule has 2 rings (SSSR count). The van der Waals surface area contributed by atoms with Crippen LogP contribution in [0.3, 0.4) is 0 Å². The van der Waals surface area contributed by atoms with E-state index < -0.39 is 0 Å². The van der Waals surface area contributed by atoms with Crippen LogP contribution in [0.2, 0.25) is 0 Å². The molecule has 1 unspecified atom stereocenters. The van der Waals surface area contributed by atoms with Crippen molar-refractivity contribution in [3.8, 4) is 6.07 Å². The minimum atomic E-state index is -0.191. The van der Waals surface area contributed by atoms with E-state index in [1.165, 1.54) is 11.6 Å². The Bertz CT molecular complexity index is 453. The fraction of sp³-hybridized carbons (Fsp3) is 0.500. The maximum Gasteiger partial charge on any atom is 0.125 e. The van der Waals surface area contributed by atoms with Gasteiger partial charge in [-0.1, -0.05) is 13.0 Å². The van der Waals surface area contributed by atoms with E-state index in [9.17, 15) is 4.39 Å². The fourth-order valence-corrected chi connectivity index (χ4v) is 2.39. The Morgan fingerprint density at radius 1 is 1.56 bits per heavy atom. The molecule has 0 fully saturated rings. The number of benzene rings is 1. The predicted molar refractivity (Wildman–Crippen MR) is 70.0 cm³/mol. The number of fused-ring (bicyclic) bond motifs is 1. The van der Waals surface area contributed by atoms with Crippen LogP contribution >= 0.6 is 0 Å². The highest BCUT2D eigenvalue weighted by Crippen LogP contribution is 2.28. The number of anilines is 1. The van der Waals surface area contributed by atoms with Crippen molar-refractivity contribution >= 4 is 5.69 Å². The summed E-state index contributed by atoms with van der Waals surface area (Å²) in [6, 6.07) is 7.10. The average Bonchev–Trinajstić information content (AvgIpc) is 2.77. The maximum atomic E-state index is 13.2. The van der Waals surface area contributed by atoms with Crippen LogP contribution in [0.25, 0.3) is 0 Å². The minimum Gasteiger partial charge on any atom is -0.371 e. The third kappa shape index (κ3) is 2.80. The number of rotatable bonds is 5. The number of nitriles is 1. The number of nitrogens with one attached hydrogen (secondary N) is 1. The first-order chi connectivity index (χ1) is 8.74. The van der Waals surface area contributed by atoms with Gasteiger partial charge < -0.3 is 10.2 Å². The van der Waals surface area contributed by atoms with E-state index in [1.54, 1.807) is 6.07 Å². The standard InChI is InChI=1S/C14H18FN3/c1-2-17-13(10-16)6-8-18-7-5-11-3-4-12(15)9-14(11)18/h3-4,9,13,17H,2,5-8H2,1H3. The van der Waals surface area contributed by atoms with E-state index in [0.29, 0.717) is 0 Å². The molecule has 18 heavy (non-hydrogen) atoms. The molecule has 0 spiro atoms. The number of hydrogen-bond donors (Lipinski definition) is 1. The quantitative estimate of drug-likeness (QED) is 0.866. The molecule has 1 N–H and O–H groups in total. The molecule has 1 aromatic rings. The molecule has 3 nitrogen and oxygen atoms in total. The second-order valence-corrected chi connectivity index (χ2v) is 4.54. The summed E-state index contributed by atoms with van der Waals surface area (Å²) in [6.07, 6.45) is 1.73. The third-order valence-corrected chi connectivity index (χ3v) is 3.33. The molecule has 0 aliphatic carbocycles. The topological polar surface area (TPSA) is 39.1 Å². The monoisotopic (exact) mass is 247 g/mol. The summed E-state index contributed by atoms with van der Waals surface area (Å²) in [5, 5.41) is 12.1. The largest absolute Gasteiger partial charge is 0.371 e. The van der Waals surface area contributed by atoms with Gasteiger partial charge >= 0.3 is 0 Å². The van der Waals surface area contributed by atoms with Crippen molar-refractivity contribution in [2.45, 2.75) is 25.8 Å². The van der Waals surface area contributed by atoms with Gasteiger partial charge in [0, 0.05) is 18.8 Å². The van der Waals surface area contributed by atoms with Gasteiger partial charge in [-0.2, -0.15) is 5.26 Å². The molecule has 0 amide bonds. The smallest absolute Gasteiger partial charge is 0.125 e. The van der Waals surface area contributed by atoms with Crippen LogP contribution in [0.15, 0.2) is 18.2 Å². The molecule has 1 atom stereocenters. The summed E-state index contributed by atoms with van der Waals surface area (Å²) in [5.41, 5.74) is 2.19. The molecule has 1 aromatic carbocycles. The van der Waals surface area contributed by atoms with Crippen LogP contribution in [-0.2, 0) is 6.42 Å².